The maximum absolute atomic E-state index is 5.90. The van der Waals surface area contributed by atoms with Crippen molar-refractivity contribution in [2.24, 2.45) is 0 Å². The van der Waals surface area contributed by atoms with Crippen molar-refractivity contribution in [1.82, 2.24) is 5.32 Å². The lowest BCUT2D eigenvalue weighted by molar-refractivity contribution is 0.553. The molecule has 0 spiro atoms. The highest BCUT2D eigenvalue weighted by Gasteiger charge is 2.12. The van der Waals surface area contributed by atoms with E-state index in [0.29, 0.717) is 0 Å². The van der Waals surface area contributed by atoms with E-state index in [0.717, 1.165) is 11.7 Å². The lowest BCUT2D eigenvalue weighted by Crippen LogP contribution is -2.20. The Morgan fingerprint density at radius 1 is 1.47 bits per heavy atom. The molecule has 0 bridgehead atoms. The predicted octanol–water partition coefficient (Wildman–Crippen LogP) is 3.20. The van der Waals surface area contributed by atoms with Crippen LogP contribution in [0.15, 0.2) is 23.1 Å². The van der Waals surface area contributed by atoms with E-state index in [1.54, 1.807) is 0 Å². The van der Waals surface area contributed by atoms with Crippen molar-refractivity contribution >= 4 is 17.4 Å². The lowest BCUT2D eigenvalue weighted by Gasteiger charge is -2.10. The van der Waals surface area contributed by atoms with E-state index in [2.05, 4.69) is 18.3 Å². The SMILES string of the molecule is Cc1c(N)cccc1SCCCC1CCCN1. The van der Waals surface area contributed by atoms with Crippen LogP contribution in [0.1, 0.15) is 31.2 Å². The van der Waals surface area contributed by atoms with Gasteiger partial charge in [0.15, 0.2) is 0 Å². The summed E-state index contributed by atoms with van der Waals surface area (Å²) in [7, 11) is 0. The largest absolute Gasteiger partial charge is 0.398 e. The molecular formula is C14H22N2S. The topological polar surface area (TPSA) is 38.0 Å². The van der Waals surface area contributed by atoms with E-state index in [1.165, 1.54) is 48.4 Å². The molecule has 1 unspecified atom stereocenters. The van der Waals surface area contributed by atoms with Gasteiger partial charge in [0, 0.05) is 16.6 Å². The first kappa shape index (κ1) is 12.8. The maximum atomic E-state index is 5.90. The van der Waals surface area contributed by atoms with Crippen LogP contribution in [0.5, 0.6) is 0 Å². The molecule has 0 aliphatic carbocycles. The third-order valence-electron chi connectivity index (χ3n) is 3.44. The number of nitrogens with one attached hydrogen (secondary N) is 1. The summed E-state index contributed by atoms with van der Waals surface area (Å²) in [6, 6.07) is 6.97. The molecular weight excluding hydrogens is 228 g/mol. The normalized spacial score (nSPS) is 19.7. The summed E-state index contributed by atoms with van der Waals surface area (Å²) >= 11 is 1.94. The Labute approximate surface area is 108 Å². The monoisotopic (exact) mass is 250 g/mol. The predicted molar refractivity (Wildman–Crippen MR) is 76.6 cm³/mol. The van der Waals surface area contributed by atoms with Crippen LogP contribution in [0.3, 0.4) is 0 Å². The zero-order chi connectivity index (χ0) is 12.1. The molecule has 3 heteroatoms. The quantitative estimate of drug-likeness (QED) is 0.479. The van der Waals surface area contributed by atoms with E-state index in [-0.39, 0.29) is 0 Å². The van der Waals surface area contributed by atoms with E-state index in [9.17, 15) is 0 Å². The van der Waals surface area contributed by atoms with Gasteiger partial charge in [0.1, 0.15) is 0 Å². The number of nitrogen functional groups attached to an aromatic ring is 1. The Balaban J connectivity index is 1.72. The fraction of sp³-hybridized carbons (Fsp3) is 0.571. The summed E-state index contributed by atoms with van der Waals surface area (Å²) in [4.78, 5) is 1.34. The average Bonchev–Trinajstić information content (AvgIpc) is 2.83. The van der Waals surface area contributed by atoms with Crippen molar-refractivity contribution in [3.05, 3.63) is 23.8 Å². The van der Waals surface area contributed by atoms with Crippen LogP contribution >= 0.6 is 11.8 Å². The van der Waals surface area contributed by atoms with Gasteiger partial charge in [-0.25, -0.2) is 0 Å². The first-order chi connectivity index (χ1) is 8.27. The smallest absolute Gasteiger partial charge is 0.0354 e. The minimum absolute atomic E-state index is 0.775. The molecule has 3 N–H and O–H groups in total. The number of hydrogen-bond acceptors (Lipinski definition) is 3. The summed E-state index contributed by atoms with van der Waals surface area (Å²) < 4.78 is 0. The highest BCUT2D eigenvalue weighted by molar-refractivity contribution is 7.99. The Morgan fingerprint density at radius 2 is 2.35 bits per heavy atom. The summed E-state index contributed by atoms with van der Waals surface area (Å²) in [5, 5.41) is 3.55. The first-order valence-corrected chi connectivity index (χ1v) is 7.47. The number of anilines is 1. The number of benzene rings is 1. The molecule has 1 aromatic carbocycles. The number of thioether (sulfide) groups is 1. The van der Waals surface area contributed by atoms with Crippen molar-refractivity contribution in [3.8, 4) is 0 Å². The maximum Gasteiger partial charge on any atom is 0.0354 e. The third-order valence-corrected chi connectivity index (χ3v) is 4.69. The van der Waals surface area contributed by atoms with Gasteiger partial charge in [-0.2, -0.15) is 0 Å². The van der Waals surface area contributed by atoms with E-state index in [1.807, 2.05) is 23.9 Å². The number of rotatable bonds is 5. The van der Waals surface area contributed by atoms with E-state index >= 15 is 0 Å². The van der Waals surface area contributed by atoms with Crippen LogP contribution in [-0.4, -0.2) is 18.3 Å². The summed E-state index contributed by atoms with van der Waals surface area (Å²) in [5.74, 6) is 1.20. The van der Waals surface area contributed by atoms with Crippen LogP contribution in [0.2, 0.25) is 0 Å². The van der Waals surface area contributed by atoms with Gasteiger partial charge in [-0.3, -0.25) is 0 Å². The highest BCUT2D eigenvalue weighted by atomic mass is 32.2. The number of hydrogen-bond donors (Lipinski definition) is 2. The van der Waals surface area contributed by atoms with Crippen LogP contribution < -0.4 is 11.1 Å². The molecule has 1 aliphatic rings. The minimum atomic E-state index is 0.775. The van der Waals surface area contributed by atoms with Crippen molar-refractivity contribution in [1.29, 1.82) is 0 Å². The molecule has 2 rings (SSSR count). The van der Waals surface area contributed by atoms with E-state index < -0.39 is 0 Å². The van der Waals surface area contributed by atoms with Crippen LogP contribution in [-0.2, 0) is 0 Å². The molecule has 1 atom stereocenters. The van der Waals surface area contributed by atoms with Gasteiger partial charge in [-0.15, -0.1) is 11.8 Å². The van der Waals surface area contributed by atoms with Crippen LogP contribution in [0.25, 0.3) is 0 Å². The molecule has 0 aromatic heterocycles. The van der Waals surface area contributed by atoms with Crippen LogP contribution in [0, 0.1) is 6.92 Å². The second-order valence-electron chi connectivity index (χ2n) is 4.75. The summed E-state index contributed by atoms with van der Waals surface area (Å²) in [5.41, 5.74) is 8.04. The third kappa shape index (κ3) is 3.65. The zero-order valence-electron chi connectivity index (χ0n) is 10.5. The average molecular weight is 250 g/mol. The summed E-state index contributed by atoms with van der Waals surface area (Å²) in [6.07, 6.45) is 5.32. The molecule has 1 saturated heterocycles. The van der Waals surface area contributed by atoms with Crippen molar-refractivity contribution in [2.75, 3.05) is 18.0 Å². The second-order valence-corrected chi connectivity index (χ2v) is 5.89. The van der Waals surface area contributed by atoms with Crippen molar-refractivity contribution in [3.63, 3.8) is 0 Å². The van der Waals surface area contributed by atoms with Gasteiger partial charge in [-0.05, 0) is 62.6 Å². The lowest BCUT2D eigenvalue weighted by atomic mass is 10.1. The van der Waals surface area contributed by atoms with Gasteiger partial charge >= 0.3 is 0 Å². The Hall–Kier alpha value is -0.670. The number of nitrogens with two attached hydrogens (primary N) is 1. The molecule has 2 nitrogen and oxygen atoms in total. The van der Waals surface area contributed by atoms with Crippen molar-refractivity contribution < 1.29 is 0 Å². The Kier molecular flexibility index (Phi) is 4.75. The van der Waals surface area contributed by atoms with Crippen molar-refractivity contribution in [2.45, 2.75) is 43.5 Å². The van der Waals surface area contributed by atoms with Gasteiger partial charge in [0.2, 0.25) is 0 Å². The molecule has 17 heavy (non-hydrogen) atoms. The van der Waals surface area contributed by atoms with Gasteiger partial charge in [-0.1, -0.05) is 6.07 Å². The molecule has 0 radical (unpaired) electrons. The van der Waals surface area contributed by atoms with Crippen LogP contribution in [0.4, 0.5) is 5.69 Å². The molecule has 94 valence electrons. The highest BCUT2D eigenvalue weighted by Crippen LogP contribution is 2.27. The second kappa shape index (κ2) is 6.31. The zero-order valence-corrected chi connectivity index (χ0v) is 11.4. The Morgan fingerprint density at radius 3 is 3.12 bits per heavy atom. The standard InChI is InChI=1S/C14H22N2S/c1-11-13(15)7-2-8-14(11)17-10-4-6-12-5-3-9-16-12/h2,7-8,12,16H,3-6,9-10,15H2,1H3. The van der Waals surface area contributed by atoms with Gasteiger partial charge in [0.25, 0.3) is 0 Å². The molecule has 1 fully saturated rings. The fourth-order valence-electron chi connectivity index (χ4n) is 2.30. The summed E-state index contributed by atoms with van der Waals surface area (Å²) in [6.45, 7) is 3.32. The molecule has 1 aromatic rings. The molecule has 0 amide bonds. The van der Waals surface area contributed by atoms with Gasteiger partial charge in [0.05, 0.1) is 0 Å². The molecule has 1 heterocycles. The minimum Gasteiger partial charge on any atom is -0.398 e. The fourth-order valence-corrected chi connectivity index (χ4v) is 3.34. The van der Waals surface area contributed by atoms with E-state index in [4.69, 9.17) is 5.73 Å². The molecule has 1 aliphatic heterocycles. The van der Waals surface area contributed by atoms with Gasteiger partial charge < -0.3 is 11.1 Å². The Bertz CT molecular complexity index is 359. The molecule has 0 saturated carbocycles. The first-order valence-electron chi connectivity index (χ1n) is 6.48.